The molecule has 2 aromatic heterocycles. The summed E-state index contributed by atoms with van der Waals surface area (Å²) >= 11 is 0. The molecular formula is C24H30N8O. The summed E-state index contributed by atoms with van der Waals surface area (Å²) in [5.74, 6) is 0.661. The minimum atomic E-state index is 0.158. The molecule has 2 unspecified atom stereocenters. The Kier molecular flexibility index (Phi) is 7.81. The lowest BCUT2D eigenvalue weighted by molar-refractivity contribution is -0.104. The number of hydrogen-bond acceptors (Lipinski definition) is 8. The van der Waals surface area contributed by atoms with Gasteiger partial charge in [-0.1, -0.05) is 13.0 Å². The third kappa shape index (κ3) is 5.21. The van der Waals surface area contributed by atoms with Crippen LogP contribution in [-0.4, -0.2) is 70.5 Å². The average Bonchev–Trinajstić information content (AvgIpc) is 3.26. The van der Waals surface area contributed by atoms with E-state index in [4.69, 9.17) is 10.5 Å². The number of piperazine rings is 1. The first-order valence-corrected chi connectivity index (χ1v) is 11.1. The molecule has 1 saturated heterocycles. The van der Waals surface area contributed by atoms with Gasteiger partial charge in [-0.15, -0.1) is 0 Å². The van der Waals surface area contributed by atoms with Crippen molar-refractivity contribution in [3.05, 3.63) is 53.4 Å². The van der Waals surface area contributed by atoms with E-state index in [0.717, 1.165) is 43.6 Å². The van der Waals surface area contributed by atoms with Gasteiger partial charge in [0.05, 0.1) is 30.1 Å². The Labute approximate surface area is 195 Å². The molecule has 0 bridgehead atoms. The van der Waals surface area contributed by atoms with Crippen LogP contribution >= 0.6 is 0 Å². The summed E-state index contributed by atoms with van der Waals surface area (Å²) in [4.78, 5) is 25.2. The molecule has 3 rings (SSSR count). The van der Waals surface area contributed by atoms with Crippen LogP contribution in [0.3, 0.4) is 0 Å². The van der Waals surface area contributed by atoms with Crippen molar-refractivity contribution in [1.82, 2.24) is 24.4 Å². The number of rotatable bonds is 8. The highest BCUT2D eigenvalue weighted by Gasteiger charge is 2.32. The zero-order valence-electron chi connectivity index (χ0n) is 19.6. The third-order valence-corrected chi connectivity index (χ3v) is 6.11. The lowest BCUT2D eigenvalue weighted by atomic mass is 10.0. The summed E-state index contributed by atoms with van der Waals surface area (Å²) < 4.78 is 1.88. The number of carbonyl (C=O) groups is 1. The molecule has 1 aliphatic heterocycles. The van der Waals surface area contributed by atoms with Crippen molar-refractivity contribution in [2.75, 3.05) is 38.7 Å². The molecule has 2 atom stereocenters. The van der Waals surface area contributed by atoms with Crippen molar-refractivity contribution < 1.29 is 4.79 Å². The number of hydrogen-bond donors (Lipinski definition) is 0. The Morgan fingerprint density at radius 1 is 1.33 bits per heavy atom. The topological polar surface area (TPSA) is 105 Å². The Morgan fingerprint density at radius 3 is 2.70 bits per heavy atom. The van der Waals surface area contributed by atoms with Crippen LogP contribution in [0, 0.1) is 22.7 Å². The summed E-state index contributed by atoms with van der Waals surface area (Å²) in [5, 5.41) is 20.0. The molecule has 0 radical (unpaired) electrons. The van der Waals surface area contributed by atoms with E-state index in [9.17, 15) is 4.79 Å². The molecular weight excluding hydrogens is 416 g/mol. The predicted molar refractivity (Wildman–Crippen MR) is 125 cm³/mol. The predicted octanol–water partition coefficient (Wildman–Crippen LogP) is 2.11. The maximum absolute atomic E-state index is 11.6. The lowest BCUT2D eigenvalue weighted by Crippen LogP contribution is -2.52. The van der Waals surface area contributed by atoms with E-state index in [2.05, 4.69) is 45.8 Å². The third-order valence-electron chi connectivity index (χ3n) is 6.11. The van der Waals surface area contributed by atoms with E-state index < -0.39 is 0 Å². The van der Waals surface area contributed by atoms with Gasteiger partial charge in [0.1, 0.15) is 18.0 Å². The highest BCUT2D eigenvalue weighted by Crippen LogP contribution is 2.29. The number of aromatic nitrogens is 3. The first-order valence-electron chi connectivity index (χ1n) is 11.1. The molecule has 3 heterocycles. The van der Waals surface area contributed by atoms with Crippen LogP contribution in [0.4, 0.5) is 0 Å². The second-order valence-corrected chi connectivity index (χ2v) is 8.29. The van der Waals surface area contributed by atoms with E-state index >= 15 is 0 Å². The fraction of sp³-hybridized carbons (Fsp3) is 0.458. The van der Waals surface area contributed by atoms with Crippen LogP contribution in [0.25, 0.3) is 5.70 Å². The summed E-state index contributed by atoms with van der Waals surface area (Å²) in [6, 6.07) is 8.27. The highest BCUT2D eigenvalue weighted by molar-refractivity contribution is 5.79. The van der Waals surface area contributed by atoms with E-state index in [-0.39, 0.29) is 18.5 Å². The quantitative estimate of drug-likeness (QED) is 0.448. The highest BCUT2D eigenvalue weighted by atomic mass is 16.1. The average molecular weight is 447 g/mol. The van der Waals surface area contributed by atoms with Crippen molar-refractivity contribution in [2.24, 2.45) is 0 Å². The number of aldehydes is 1. The molecule has 172 valence electrons. The smallest absolute Gasteiger partial charge is 0.175 e. The van der Waals surface area contributed by atoms with Crippen molar-refractivity contribution in [2.45, 2.75) is 38.8 Å². The summed E-state index contributed by atoms with van der Waals surface area (Å²) in [6.45, 7) is 6.66. The van der Waals surface area contributed by atoms with Crippen molar-refractivity contribution in [1.29, 1.82) is 10.5 Å². The fourth-order valence-corrected chi connectivity index (χ4v) is 4.25. The van der Waals surface area contributed by atoms with Crippen molar-refractivity contribution >= 4 is 12.0 Å². The van der Waals surface area contributed by atoms with E-state index in [0.29, 0.717) is 17.2 Å². The fourth-order valence-electron chi connectivity index (χ4n) is 4.25. The first-order chi connectivity index (χ1) is 15.9. The zero-order valence-corrected chi connectivity index (χ0v) is 19.6. The van der Waals surface area contributed by atoms with Gasteiger partial charge in [0.25, 0.3) is 0 Å². The van der Waals surface area contributed by atoms with E-state index in [1.54, 1.807) is 18.3 Å². The van der Waals surface area contributed by atoms with E-state index in [1.807, 2.05) is 36.0 Å². The molecule has 0 aliphatic carbocycles. The summed E-state index contributed by atoms with van der Waals surface area (Å²) in [7, 11) is 3.81. The Bertz CT molecular complexity index is 1070. The maximum atomic E-state index is 11.6. The molecule has 0 saturated carbocycles. The minimum Gasteiger partial charge on any atom is -0.363 e. The molecule has 33 heavy (non-hydrogen) atoms. The van der Waals surface area contributed by atoms with Gasteiger partial charge in [0.2, 0.25) is 0 Å². The van der Waals surface area contributed by atoms with Gasteiger partial charge in [-0.25, -0.2) is 14.6 Å². The number of nitriles is 2. The first kappa shape index (κ1) is 24.0. The van der Waals surface area contributed by atoms with Crippen LogP contribution < -0.4 is 5.01 Å². The lowest BCUT2D eigenvalue weighted by Gasteiger charge is -2.45. The number of pyridine rings is 1. The van der Waals surface area contributed by atoms with Gasteiger partial charge < -0.3 is 9.91 Å². The van der Waals surface area contributed by atoms with Crippen LogP contribution in [-0.2, 0) is 11.2 Å². The van der Waals surface area contributed by atoms with Crippen LogP contribution in [0.2, 0.25) is 0 Å². The Hall–Kier alpha value is -3.69. The molecule has 0 N–H and O–H groups in total. The zero-order chi connectivity index (χ0) is 24.0. The molecule has 2 aromatic rings. The molecule has 0 aromatic carbocycles. The van der Waals surface area contributed by atoms with Crippen molar-refractivity contribution in [3.8, 4) is 12.1 Å². The molecule has 0 spiro atoms. The number of allylic oxidation sites excluding steroid dienone is 1. The monoisotopic (exact) mass is 446 g/mol. The molecule has 1 aliphatic rings. The number of imidazole rings is 1. The number of nitrogens with zero attached hydrogens (tertiary/aromatic N) is 8. The molecule has 1 fully saturated rings. The standard InChI is InChI=1S/C24H30N8O/c1-5-22-17-30(18(2)19-6-7-20(14-26)27-15-19)11-12-31(22)23(9-13-33)24-28-21(8-10-25)16-32(24)29(3)4/h6-7,9,13,15-16,18,22H,5,8,11-12,17H2,1-4H3/b23-9+. The van der Waals surface area contributed by atoms with Gasteiger partial charge in [-0.2, -0.15) is 10.5 Å². The Morgan fingerprint density at radius 2 is 2.12 bits per heavy atom. The number of carbonyl (C=O) groups excluding carboxylic acids is 1. The second-order valence-electron chi connectivity index (χ2n) is 8.29. The summed E-state index contributed by atoms with van der Waals surface area (Å²) in [5.41, 5.74) is 2.93. The van der Waals surface area contributed by atoms with Gasteiger partial charge in [0, 0.05) is 58.1 Å². The van der Waals surface area contributed by atoms with Crippen LogP contribution in [0.5, 0.6) is 0 Å². The van der Waals surface area contributed by atoms with Gasteiger partial charge in [0.15, 0.2) is 5.82 Å². The molecule has 9 heteroatoms. The van der Waals surface area contributed by atoms with Gasteiger partial charge in [-0.3, -0.25) is 9.69 Å². The minimum absolute atomic E-state index is 0.158. The molecule has 9 nitrogen and oxygen atoms in total. The van der Waals surface area contributed by atoms with Crippen LogP contribution in [0.15, 0.2) is 30.6 Å². The normalized spacial score (nSPS) is 17.8. The Balaban J connectivity index is 1.87. The second kappa shape index (κ2) is 10.8. The molecule has 0 amide bonds. The van der Waals surface area contributed by atoms with E-state index in [1.165, 1.54) is 0 Å². The summed E-state index contributed by atoms with van der Waals surface area (Å²) in [6.07, 6.45) is 7.11. The maximum Gasteiger partial charge on any atom is 0.175 e. The van der Waals surface area contributed by atoms with Gasteiger partial charge >= 0.3 is 0 Å². The van der Waals surface area contributed by atoms with Gasteiger partial charge in [-0.05, 0) is 25.0 Å². The SMILES string of the molecule is CCC1CN(C(C)c2ccc(C#N)nc2)CCN1/C(=C/C=O)c1nc(CC#N)cn1N(C)C. The largest absolute Gasteiger partial charge is 0.363 e. The van der Waals surface area contributed by atoms with Crippen molar-refractivity contribution in [3.63, 3.8) is 0 Å². The van der Waals surface area contributed by atoms with Crippen LogP contribution in [0.1, 0.15) is 49.1 Å².